The lowest BCUT2D eigenvalue weighted by Crippen LogP contribution is -2.29. The normalized spacial score (nSPS) is 10.2. The molecule has 0 aliphatic rings. The van der Waals surface area contributed by atoms with Gasteiger partial charge in [0.25, 0.3) is 5.91 Å². The van der Waals surface area contributed by atoms with E-state index in [-0.39, 0.29) is 12.3 Å². The number of carbonyl (C=O) groups is 2. The lowest BCUT2D eigenvalue weighted by Gasteiger charge is -2.18. The van der Waals surface area contributed by atoms with Gasteiger partial charge in [0.15, 0.2) is 0 Å². The highest BCUT2D eigenvalue weighted by molar-refractivity contribution is 14.1. The minimum Gasteiger partial charge on any atom is -0.481 e. The molecule has 0 heterocycles. The topological polar surface area (TPSA) is 57.6 Å². The van der Waals surface area contributed by atoms with E-state index in [4.69, 9.17) is 5.11 Å². The number of amides is 1. The molecule has 1 amide bonds. The molecule has 5 heteroatoms. The lowest BCUT2D eigenvalue weighted by molar-refractivity contribution is -0.137. The maximum atomic E-state index is 12.2. The largest absolute Gasteiger partial charge is 0.481 e. The van der Waals surface area contributed by atoms with E-state index in [0.717, 1.165) is 9.13 Å². The van der Waals surface area contributed by atoms with Crippen molar-refractivity contribution in [3.8, 4) is 0 Å². The van der Waals surface area contributed by atoms with Crippen molar-refractivity contribution in [3.63, 3.8) is 0 Å². The van der Waals surface area contributed by atoms with E-state index in [0.29, 0.717) is 18.5 Å². The molecule has 98 valence electrons. The summed E-state index contributed by atoms with van der Waals surface area (Å²) in [6.07, 6.45) is 0.558. The zero-order valence-electron chi connectivity index (χ0n) is 10.4. The molecule has 0 aliphatic heterocycles. The van der Waals surface area contributed by atoms with E-state index in [1.165, 1.54) is 0 Å². The van der Waals surface area contributed by atoms with Crippen LogP contribution in [0.2, 0.25) is 0 Å². The third-order valence-corrected chi connectivity index (χ3v) is 3.57. The number of aliphatic carboxylic acids is 1. The van der Waals surface area contributed by atoms with Crippen molar-refractivity contribution >= 4 is 34.5 Å². The van der Waals surface area contributed by atoms with E-state index >= 15 is 0 Å². The minimum absolute atomic E-state index is 0.0529. The zero-order chi connectivity index (χ0) is 13.7. The van der Waals surface area contributed by atoms with Crippen LogP contribution in [0.15, 0.2) is 18.2 Å². The number of halogens is 1. The maximum Gasteiger partial charge on any atom is 0.303 e. The molecule has 0 unspecified atom stereocenters. The second kappa shape index (κ2) is 6.72. The van der Waals surface area contributed by atoms with Crippen LogP contribution in [0.4, 0.5) is 0 Å². The third kappa shape index (κ3) is 3.97. The first kappa shape index (κ1) is 14.9. The van der Waals surface area contributed by atoms with Crippen molar-refractivity contribution in [1.82, 2.24) is 4.90 Å². The predicted molar refractivity (Wildman–Crippen MR) is 77.7 cm³/mol. The van der Waals surface area contributed by atoms with Crippen LogP contribution in [0.1, 0.15) is 28.8 Å². The van der Waals surface area contributed by atoms with E-state index in [2.05, 4.69) is 22.6 Å². The molecule has 0 spiro atoms. The Morgan fingerprint density at radius 2 is 2.06 bits per heavy atom. The van der Waals surface area contributed by atoms with Crippen molar-refractivity contribution in [1.29, 1.82) is 0 Å². The molecule has 0 saturated heterocycles. The minimum atomic E-state index is -0.832. The molecule has 0 aliphatic carbocycles. The van der Waals surface area contributed by atoms with E-state index in [1.54, 1.807) is 11.9 Å². The number of carboxylic acids is 1. The summed E-state index contributed by atoms with van der Waals surface area (Å²) in [4.78, 5) is 24.2. The Labute approximate surface area is 120 Å². The number of aryl methyl sites for hydroxylation is 1. The molecule has 0 bridgehead atoms. The average Bonchev–Trinajstić information content (AvgIpc) is 2.27. The Morgan fingerprint density at radius 3 is 2.61 bits per heavy atom. The first-order chi connectivity index (χ1) is 8.43. The summed E-state index contributed by atoms with van der Waals surface area (Å²) >= 11 is 2.14. The number of carboxylic acid groups (broad SMARTS) is 1. The van der Waals surface area contributed by atoms with Crippen LogP contribution in [-0.2, 0) is 4.79 Å². The lowest BCUT2D eigenvalue weighted by atomic mass is 10.1. The summed E-state index contributed by atoms with van der Waals surface area (Å²) < 4.78 is 0.919. The summed E-state index contributed by atoms with van der Waals surface area (Å²) in [6.45, 7) is 2.36. The first-order valence-corrected chi connectivity index (χ1v) is 6.73. The van der Waals surface area contributed by atoms with Gasteiger partial charge in [0.05, 0.1) is 5.56 Å². The van der Waals surface area contributed by atoms with Gasteiger partial charge >= 0.3 is 5.97 Å². The fourth-order valence-corrected chi connectivity index (χ4v) is 2.53. The van der Waals surface area contributed by atoms with Gasteiger partial charge in [-0.1, -0.05) is 12.1 Å². The number of hydrogen-bond acceptors (Lipinski definition) is 2. The summed E-state index contributed by atoms with van der Waals surface area (Å²) in [5, 5.41) is 8.57. The van der Waals surface area contributed by atoms with Crippen molar-refractivity contribution in [2.24, 2.45) is 0 Å². The molecule has 0 atom stereocenters. The zero-order valence-corrected chi connectivity index (χ0v) is 12.6. The molecule has 0 radical (unpaired) electrons. The standard InChI is InChI=1S/C13H16INO3/c1-9-5-3-6-10(14)12(9)13(18)15(2)8-4-7-11(16)17/h3,5-6H,4,7-8H2,1-2H3,(H,16,17). The van der Waals surface area contributed by atoms with E-state index < -0.39 is 5.97 Å². The molecule has 18 heavy (non-hydrogen) atoms. The Morgan fingerprint density at radius 1 is 1.39 bits per heavy atom. The van der Waals surface area contributed by atoms with Crippen molar-refractivity contribution < 1.29 is 14.7 Å². The van der Waals surface area contributed by atoms with Gasteiger partial charge in [-0.2, -0.15) is 0 Å². The molecular formula is C13H16INO3. The molecule has 1 aromatic carbocycles. The van der Waals surface area contributed by atoms with Gasteiger partial charge in [-0.3, -0.25) is 9.59 Å². The van der Waals surface area contributed by atoms with E-state index in [9.17, 15) is 9.59 Å². The highest BCUT2D eigenvalue weighted by atomic mass is 127. The molecule has 0 saturated carbocycles. The Hall–Kier alpha value is -1.11. The van der Waals surface area contributed by atoms with E-state index in [1.807, 2.05) is 25.1 Å². The Bertz CT molecular complexity index is 439. The van der Waals surface area contributed by atoms with Gasteiger partial charge in [-0.15, -0.1) is 0 Å². The summed E-state index contributed by atoms with van der Waals surface area (Å²) in [5.41, 5.74) is 1.65. The summed E-state index contributed by atoms with van der Waals surface area (Å²) in [5.74, 6) is -0.885. The molecule has 0 fully saturated rings. The van der Waals surface area contributed by atoms with Gasteiger partial charge in [-0.05, 0) is 47.6 Å². The van der Waals surface area contributed by atoms with Crippen molar-refractivity contribution in [2.45, 2.75) is 19.8 Å². The number of carbonyl (C=O) groups excluding carboxylic acids is 1. The van der Waals surface area contributed by atoms with Crippen LogP contribution < -0.4 is 0 Å². The van der Waals surface area contributed by atoms with Crippen LogP contribution in [0.5, 0.6) is 0 Å². The van der Waals surface area contributed by atoms with Gasteiger partial charge in [-0.25, -0.2) is 0 Å². The number of benzene rings is 1. The highest BCUT2D eigenvalue weighted by Crippen LogP contribution is 2.18. The van der Waals surface area contributed by atoms with Gasteiger partial charge in [0, 0.05) is 23.6 Å². The molecular weight excluding hydrogens is 345 g/mol. The molecule has 1 aromatic rings. The predicted octanol–water partition coefficient (Wildman–Crippen LogP) is 2.54. The van der Waals surface area contributed by atoms with Gasteiger partial charge < -0.3 is 10.0 Å². The van der Waals surface area contributed by atoms with Crippen LogP contribution in [-0.4, -0.2) is 35.5 Å². The molecule has 0 aromatic heterocycles. The monoisotopic (exact) mass is 361 g/mol. The number of nitrogens with zero attached hydrogens (tertiary/aromatic N) is 1. The Balaban J connectivity index is 2.72. The first-order valence-electron chi connectivity index (χ1n) is 5.66. The van der Waals surface area contributed by atoms with Crippen LogP contribution in [0.3, 0.4) is 0 Å². The molecule has 1 N–H and O–H groups in total. The fraction of sp³-hybridized carbons (Fsp3) is 0.385. The number of hydrogen-bond donors (Lipinski definition) is 1. The Kier molecular flexibility index (Phi) is 5.58. The second-order valence-corrected chi connectivity index (χ2v) is 5.32. The van der Waals surface area contributed by atoms with Crippen molar-refractivity contribution in [2.75, 3.05) is 13.6 Å². The average molecular weight is 361 g/mol. The van der Waals surface area contributed by atoms with Gasteiger partial charge in [0.2, 0.25) is 0 Å². The highest BCUT2D eigenvalue weighted by Gasteiger charge is 2.16. The summed E-state index contributed by atoms with van der Waals surface area (Å²) in [6, 6.07) is 5.71. The van der Waals surface area contributed by atoms with Crippen LogP contribution in [0, 0.1) is 10.5 Å². The summed E-state index contributed by atoms with van der Waals surface area (Å²) in [7, 11) is 1.70. The molecule has 4 nitrogen and oxygen atoms in total. The van der Waals surface area contributed by atoms with Crippen LogP contribution >= 0.6 is 22.6 Å². The quantitative estimate of drug-likeness (QED) is 0.820. The van der Waals surface area contributed by atoms with Crippen molar-refractivity contribution in [3.05, 3.63) is 32.9 Å². The van der Waals surface area contributed by atoms with Gasteiger partial charge in [0.1, 0.15) is 0 Å². The number of rotatable bonds is 5. The smallest absolute Gasteiger partial charge is 0.303 e. The van der Waals surface area contributed by atoms with Crippen LogP contribution in [0.25, 0.3) is 0 Å². The second-order valence-electron chi connectivity index (χ2n) is 4.16. The third-order valence-electron chi connectivity index (χ3n) is 2.67. The fourth-order valence-electron chi connectivity index (χ4n) is 1.66. The molecule has 1 rings (SSSR count). The maximum absolute atomic E-state index is 12.2. The SMILES string of the molecule is Cc1cccc(I)c1C(=O)N(C)CCCC(=O)O.